The summed E-state index contributed by atoms with van der Waals surface area (Å²) in [5, 5.41) is 14.2. The van der Waals surface area contributed by atoms with Crippen LogP contribution in [0.3, 0.4) is 0 Å². The highest BCUT2D eigenvalue weighted by Gasteiger charge is 2.34. The molecule has 3 N–H and O–H groups in total. The third-order valence-electron chi connectivity index (χ3n) is 3.70. The summed E-state index contributed by atoms with van der Waals surface area (Å²) >= 11 is 6.11. The normalized spacial score (nSPS) is 16.3. The van der Waals surface area contributed by atoms with E-state index in [0.29, 0.717) is 22.8 Å². The topological polar surface area (TPSA) is 98.7 Å². The molecule has 1 aromatic carbocycles. The summed E-state index contributed by atoms with van der Waals surface area (Å²) in [5.41, 5.74) is 6.96. The van der Waals surface area contributed by atoms with E-state index in [1.165, 1.54) is 11.0 Å². The summed E-state index contributed by atoms with van der Waals surface area (Å²) in [6, 6.07) is 5.18. The Hall–Kier alpha value is -1.99. The number of nitrogens with two attached hydrogens (primary N) is 1. The Labute approximate surface area is 126 Å². The summed E-state index contributed by atoms with van der Waals surface area (Å²) in [6.07, 6.45) is 4.63. The highest BCUT2D eigenvalue weighted by Crippen LogP contribution is 2.33. The molecule has 1 saturated carbocycles. The Morgan fingerprint density at radius 1 is 1.48 bits per heavy atom. The molecule has 8 heteroatoms. The van der Waals surface area contributed by atoms with Crippen molar-refractivity contribution in [2.24, 2.45) is 5.73 Å². The first kappa shape index (κ1) is 14.0. The number of aromatic nitrogens is 4. The zero-order valence-corrected chi connectivity index (χ0v) is 12.0. The van der Waals surface area contributed by atoms with Gasteiger partial charge in [0.15, 0.2) is 0 Å². The molecule has 0 aliphatic heterocycles. The lowest BCUT2D eigenvalue weighted by Gasteiger charge is -2.37. The van der Waals surface area contributed by atoms with Gasteiger partial charge in [-0.2, -0.15) is 0 Å². The highest BCUT2D eigenvalue weighted by atomic mass is 35.5. The van der Waals surface area contributed by atoms with Crippen molar-refractivity contribution in [3.05, 3.63) is 29.5 Å². The van der Waals surface area contributed by atoms with Crippen LogP contribution in [0.1, 0.15) is 25.7 Å². The maximum Gasteiger partial charge on any atom is 0.226 e. The summed E-state index contributed by atoms with van der Waals surface area (Å²) in [7, 11) is 0. The fraction of sp³-hybridized carbons (Fsp3) is 0.385. The molecule has 110 valence electrons. The predicted molar refractivity (Wildman–Crippen MR) is 78.2 cm³/mol. The van der Waals surface area contributed by atoms with Crippen LogP contribution in [0.5, 0.6) is 0 Å². The van der Waals surface area contributed by atoms with E-state index in [4.69, 9.17) is 17.3 Å². The van der Waals surface area contributed by atoms with E-state index in [9.17, 15) is 4.79 Å². The van der Waals surface area contributed by atoms with E-state index >= 15 is 0 Å². The second kappa shape index (κ2) is 5.42. The molecule has 1 aromatic heterocycles. The van der Waals surface area contributed by atoms with Gasteiger partial charge in [-0.1, -0.05) is 11.6 Å². The van der Waals surface area contributed by atoms with E-state index in [1.54, 1.807) is 18.2 Å². The van der Waals surface area contributed by atoms with Gasteiger partial charge in [-0.25, -0.2) is 4.68 Å². The van der Waals surface area contributed by atoms with Crippen molar-refractivity contribution in [2.45, 2.75) is 31.2 Å². The monoisotopic (exact) mass is 306 g/mol. The number of hydrogen-bond donors (Lipinski definition) is 2. The summed E-state index contributed by atoms with van der Waals surface area (Å²) in [4.78, 5) is 12.1. The molecule has 3 rings (SSSR count). The van der Waals surface area contributed by atoms with Gasteiger partial charge in [-0.3, -0.25) is 4.79 Å². The van der Waals surface area contributed by atoms with Crippen LogP contribution < -0.4 is 11.1 Å². The fourth-order valence-electron chi connectivity index (χ4n) is 2.35. The Balaban J connectivity index is 1.75. The number of tetrazole rings is 1. The number of anilines is 1. The number of carbonyl (C=O) groups is 1. The Kier molecular flexibility index (Phi) is 3.60. The first-order valence-corrected chi connectivity index (χ1v) is 7.05. The quantitative estimate of drug-likeness (QED) is 0.892. The number of benzene rings is 1. The van der Waals surface area contributed by atoms with Gasteiger partial charge in [0.25, 0.3) is 0 Å². The van der Waals surface area contributed by atoms with Crippen molar-refractivity contribution in [1.29, 1.82) is 0 Å². The van der Waals surface area contributed by atoms with Crippen LogP contribution in [0.4, 0.5) is 5.69 Å². The van der Waals surface area contributed by atoms with Gasteiger partial charge in [0.2, 0.25) is 5.91 Å². The van der Waals surface area contributed by atoms with Gasteiger partial charge < -0.3 is 11.1 Å². The molecule has 0 unspecified atom stereocenters. The van der Waals surface area contributed by atoms with Crippen LogP contribution >= 0.6 is 11.6 Å². The van der Waals surface area contributed by atoms with Crippen LogP contribution in [0, 0.1) is 0 Å². The van der Waals surface area contributed by atoms with Crippen LogP contribution in [0.25, 0.3) is 5.69 Å². The van der Waals surface area contributed by atoms with Crippen molar-refractivity contribution < 1.29 is 4.79 Å². The lowest BCUT2D eigenvalue weighted by Crippen LogP contribution is -2.48. The summed E-state index contributed by atoms with van der Waals surface area (Å²) in [6.45, 7) is 0. The maximum atomic E-state index is 12.1. The number of amides is 1. The van der Waals surface area contributed by atoms with Crippen LogP contribution in [-0.2, 0) is 4.79 Å². The Morgan fingerprint density at radius 2 is 2.29 bits per heavy atom. The molecular weight excluding hydrogens is 292 g/mol. The van der Waals surface area contributed by atoms with Crippen molar-refractivity contribution in [3.63, 3.8) is 0 Å². The molecule has 0 radical (unpaired) electrons. The van der Waals surface area contributed by atoms with Gasteiger partial charge in [0.05, 0.1) is 16.4 Å². The minimum atomic E-state index is -0.357. The number of nitrogens with one attached hydrogen (secondary N) is 1. The largest absolute Gasteiger partial charge is 0.325 e. The second-order valence-electron chi connectivity index (χ2n) is 5.36. The van der Waals surface area contributed by atoms with E-state index in [0.717, 1.165) is 19.3 Å². The number of halogens is 1. The number of rotatable bonds is 4. The molecule has 7 nitrogen and oxygen atoms in total. The Morgan fingerprint density at radius 3 is 2.90 bits per heavy atom. The number of carbonyl (C=O) groups excluding carboxylic acids is 1. The molecule has 0 bridgehead atoms. The first-order valence-electron chi connectivity index (χ1n) is 6.67. The third-order valence-corrected chi connectivity index (χ3v) is 4.03. The first-order chi connectivity index (χ1) is 10.1. The maximum absolute atomic E-state index is 12.1. The molecule has 1 aliphatic carbocycles. The fourth-order valence-corrected chi connectivity index (χ4v) is 2.52. The van der Waals surface area contributed by atoms with Crippen molar-refractivity contribution in [3.8, 4) is 5.69 Å². The average molecular weight is 307 g/mol. The standard InChI is InChI=1S/C13H15ClN6O/c14-10-3-2-9(20-8-16-18-19-20)6-11(10)17-12(21)7-13(15)4-1-5-13/h2-3,6,8H,1,4-5,7,15H2,(H,17,21). The molecule has 0 spiro atoms. The third kappa shape index (κ3) is 3.03. The number of hydrogen-bond acceptors (Lipinski definition) is 5. The second-order valence-corrected chi connectivity index (χ2v) is 5.77. The van der Waals surface area contributed by atoms with Crippen molar-refractivity contribution in [1.82, 2.24) is 20.2 Å². The van der Waals surface area contributed by atoms with Crippen molar-refractivity contribution >= 4 is 23.2 Å². The van der Waals surface area contributed by atoms with Gasteiger partial charge in [-0.15, -0.1) is 5.10 Å². The zero-order valence-electron chi connectivity index (χ0n) is 11.3. The Bertz CT molecular complexity index is 653. The van der Waals surface area contributed by atoms with Gasteiger partial charge in [0, 0.05) is 12.0 Å². The highest BCUT2D eigenvalue weighted by molar-refractivity contribution is 6.33. The van der Waals surface area contributed by atoms with Crippen LogP contribution in [0.15, 0.2) is 24.5 Å². The molecule has 2 aromatic rings. The van der Waals surface area contributed by atoms with Gasteiger partial charge in [-0.05, 0) is 47.9 Å². The number of nitrogens with zero attached hydrogens (tertiary/aromatic N) is 4. The van der Waals surface area contributed by atoms with E-state index in [1.807, 2.05) is 0 Å². The average Bonchev–Trinajstić information content (AvgIpc) is 2.93. The lowest BCUT2D eigenvalue weighted by molar-refractivity contribution is -0.118. The summed E-state index contributed by atoms with van der Waals surface area (Å²) in [5.74, 6) is -0.132. The SMILES string of the molecule is NC1(CC(=O)Nc2cc(-n3cnnn3)ccc2Cl)CCC1. The van der Waals surface area contributed by atoms with E-state index in [-0.39, 0.29) is 11.4 Å². The minimum Gasteiger partial charge on any atom is -0.325 e. The minimum absolute atomic E-state index is 0.132. The van der Waals surface area contributed by atoms with Crippen LogP contribution in [0.2, 0.25) is 5.02 Å². The smallest absolute Gasteiger partial charge is 0.226 e. The van der Waals surface area contributed by atoms with Gasteiger partial charge in [0.1, 0.15) is 6.33 Å². The van der Waals surface area contributed by atoms with Crippen molar-refractivity contribution in [2.75, 3.05) is 5.32 Å². The molecule has 1 heterocycles. The molecule has 1 amide bonds. The van der Waals surface area contributed by atoms with E-state index < -0.39 is 0 Å². The molecular formula is C13H15ClN6O. The van der Waals surface area contributed by atoms with E-state index in [2.05, 4.69) is 20.8 Å². The molecule has 0 saturated heterocycles. The molecule has 21 heavy (non-hydrogen) atoms. The van der Waals surface area contributed by atoms with Gasteiger partial charge >= 0.3 is 0 Å². The molecule has 1 aliphatic rings. The molecule has 0 atom stereocenters. The predicted octanol–water partition coefficient (Wildman–Crippen LogP) is 1.53. The van der Waals surface area contributed by atoms with Crippen LogP contribution in [-0.4, -0.2) is 31.7 Å². The lowest BCUT2D eigenvalue weighted by atomic mass is 9.75. The molecule has 1 fully saturated rings. The zero-order chi connectivity index (χ0) is 14.9. The summed E-state index contributed by atoms with van der Waals surface area (Å²) < 4.78 is 1.49.